The van der Waals surface area contributed by atoms with Crippen molar-refractivity contribution in [2.75, 3.05) is 0 Å². The van der Waals surface area contributed by atoms with Crippen LogP contribution >= 0.6 is 59.4 Å². The van der Waals surface area contributed by atoms with E-state index in [0.717, 1.165) is 69.8 Å². The molecule has 0 saturated heterocycles. The average molecular weight is 890 g/mol. The van der Waals surface area contributed by atoms with Crippen molar-refractivity contribution in [2.24, 2.45) is 0 Å². The molecule has 0 radical (unpaired) electrons. The van der Waals surface area contributed by atoms with Crippen molar-refractivity contribution in [3.8, 4) is 56.4 Å². The van der Waals surface area contributed by atoms with Crippen LogP contribution in [0.15, 0.2) is 195 Å². The molecule has 0 N–H and O–H groups in total. The van der Waals surface area contributed by atoms with Gasteiger partial charge in [0.05, 0.1) is 22.8 Å². The summed E-state index contributed by atoms with van der Waals surface area (Å²) in [6, 6.07) is 60.4. The van der Waals surface area contributed by atoms with Gasteiger partial charge in [0.1, 0.15) is 0 Å². The molecule has 8 rings (SSSR count). The van der Waals surface area contributed by atoms with Crippen LogP contribution in [-0.2, 0) is 0 Å². The fourth-order valence-electron chi connectivity index (χ4n) is 5.05. The lowest BCUT2D eigenvalue weighted by molar-refractivity contribution is 1.18. The quantitative estimate of drug-likeness (QED) is 0.162. The second kappa shape index (κ2) is 18.6. The molecule has 8 aromatic rings. The molecule has 0 bridgehead atoms. The first-order valence-corrected chi connectivity index (χ1v) is 19.0. The third-order valence-electron chi connectivity index (χ3n) is 7.61. The molecule has 0 atom stereocenters. The number of benzene rings is 6. The molecule has 0 unspecified atom stereocenters. The van der Waals surface area contributed by atoms with Gasteiger partial charge in [0.25, 0.3) is 0 Å². The number of hydrogen-bond donors (Lipinski definition) is 0. The maximum absolute atomic E-state index is 6.03. The van der Waals surface area contributed by atoms with Gasteiger partial charge < -0.3 is 0 Å². The van der Waals surface area contributed by atoms with Crippen LogP contribution in [0.4, 0.5) is 0 Å². The maximum Gasteiger partial charge on any atom is 0.223 e. The largest absolute Gasteiger partial charge is 0.228 e. The summed E-state index contributed by atoms with van der Waals surface area (Å²) in [5.74, 6) is 0.729. The highest BCUT2D eigenvalue weighted by Crippen LogP contribution is 2.28. The highest BCUT2D eigenvalue weighted by atomic mass is 79.9. The Hall–Kier alpha value is -4.79. The van der Waals surface area contributed by atoms with E-state index in [4.69, 9.17) is 21.6 Å². The molecule has 0 aliphatic rings. The van der Waals surface area contributed by atoms with Gasteiger partial charge in [-0.3, -0.25) is 0 Å². The molecule has 4 nitrogen and oxygen atoms in total. The molecule has 2 aromatic heterocycles. The summed E-state index contributed by atoms with van der Waals surface area (Å²) >= 11 is 16.2. The van der Waals surface area contributed by atoms with Crippen molar-refractivity contribution in [3.63, 3.8) is 0 Å². The third kappa shape index (κ3) is 10.6. The van der Waals surface area contributed by atoms with E-state index in [-0.39, 0.29) is 5.28 Å². The average Bonchev–Trinajstić information content (AvgIpc) is 3.21. The Balaban J connectivity index is 0.000000151. The lowest BCUT2D eigenvalue weighted by Crippen LogP contribution is -1.95. The first-order chi connectivity index (χ1) is 25.4. The van der Waals surface area contributed by atoms with E-state index in [0.29, 0.717) is 0 Å². The predicted molar refractivity (Wildman–Crippen MR) is 226 cm³/mol. The summed E-state index contributed by atoms with van der Waals surface area (Å²) < 4.78 is 3.26. The molecule has 0 aliphatic carbocycles. The number of nitrogens with zero attached hydrogens (tertiary/aromatic N) is 4. The molecular weight excluding hydrogens is 860 g/mol. The molecule has 0 saturated carbocycles. The third-order valence-corrected chi connectivity index (χ3v) is 9.36. The first kappa shape index (κ1) is 37.0. The minimum atomic E-state index is 0.264. The smallest absolute Gasteiger partial charge is 0.223 e. The Bertz CT molecular complexity index is 2170. The van der Waals surface area contributed by atoms with E-state index >= 15 is 0 Å². The number of halogens is 4. The summed E-state index contributed by atoms with van der Waals surface area (Å²) in [7, 11) is 0. The second-order valence-electron chi connectivity index (χ2n) is 11.3. The number of hydrogen-bond acceptors (Lipinski definition) is 4. The van der Waals surface area contributed by atoms with Crippen molar-refractivity contribution < 1.29 is 0 Å². The molecule has 6 aromatic carbocycles. The van der Waals surface area contributed by atoms with Gasteiger partial charge in [0.2, 0.25) is 5.28 Å². The predicted octanol–water partition coefficient (Wildman–Crippen LogP) is 13.9. The Kier molecular flexibility index (Phi) is 13.2. The van der Waals surface area contributed by atoms with E-state index < -0.39 is 0 Å². The van der Waals surface area contributed by atoms with Crippen molar-refractivity contribution in [1.29, 1.82) is 0 Å². The summed E-state index contributed by atoms with van der Waals surface area (Å²) in [5, 5.41) is 0.264. The molecule has 2 heterocycles. The maximum atomic E-state index is 6.03. The van der Waals surface area contributed by atoms with Crippen LogP contribution in [0.5, 0.6) is 0 Å². The van der Waals surface area contributed by atoms with Gasteiger partial charge in [-0.25, -0.2) is 19.9 Å². The molecule has 52 heavy (non-hydrogen) atoms. The standard InChI is InChI=1S/C22H15BrN2.C16H11ClN2.C6H4Br2/c23-19-13-11-18(12-14-19)22-24-20(16-7-3-1-4-8-16)15-21(25-22)17-9-5-2-6-10-17;17-16-18-14(12-7-3-1-4-8-12)11-15(19-16)13-9-5-2-6-10-13;7-5-1-2-6(8)4-3-5/h1-15H;1-11H;1-4H. The summed E-state index contributed by atoms with van der Waals surface area (Å²) in [5.41, 5.74) is 8.74. The topological polar surface area (TPSA) is 51.6 Å². The van der Waals surface area contributed by atoms with Crippen LogP contribution in [0.1, 0.15) is 0 Å². The summed E-state index contributed by atoms with van der Waals surface area (Å²) in [4.78, 5) is 18.2. The summed E-state index contributed by atoms with van der Waals surface area (Å²) in [6.07, 6.45) is 0. The van der Waals surface area contributed by atoms with Crippen LogP contribution in [0.3, 0.4) is 0 Å². The minimum Gasteiger partial charge on any atom is -0.228 e. The molecule has 0 aliphatic heterocycles. The van der Waals surface area contributed by atoms with Gasteiger partial charge in [0, 0.05) is 41.2 Å². The number of aromatic nitrogens is 4. The van der Waals surface area contributed by atoms with E-state index in [2.05, 4.69) is 82.0 Å². The zero-order valence-corrected chi connectivity index (χ0v) is 33.1. The van der Waals surface area contributed by atoms with Crippen molar-refractivity contribution in [1.82, 2.24) is 19.9 Å². The van der Waals surface area contributed by atoms with E-state index in [1.807, 2.05) is 158 Å². The van der Waals surface area contributed by atoms with Crippen molar-refractivity contribution >= 4 is 59.4 Å². The Morgan fingerprint density at radius 1 is 0.308 bits per heavy atom. The van der Waals surface area contributed by atoms with Gasteiger partial charge in [-0.15, -0.1) is 0 Å². The van der Waals surface area contributed by atoms with E-state index in [9.17, 15) is 0 Å². The fraction of sp³-hybridized carbons (Fsp3) is 0. The molecule has 0 fully saturated rings. The van der Waals surface area contributed by atoms with E-state index in [1.54, 1.807) is 0 Å². The van der Waals surface area contributed by atoms with Crippen LogP contribution in [0.25, 0.3) is 56.4 Å². The summed E-state index contributed by atoms with van der Waals surface area (Å²) in [6.45, 7) is 0. The zero-order valence-electron chi connectivity index (χ0n) is 27.6. The monoisotopic (exact) mass is 886 g/mol. The molecular formula is C44H30Br3ClN4. The SMILES string of the molecule is Brc1ccc(-c2nc(-c3ccccc3)cc(-c3ccccc3)n2)cc1.Brc1ccc(Br)cc1.Clc1nc(-c2ccccc2)cc(-c2ccccc2)n1. The lowest BCUT2D eigenvalue weighted by Gasteiger charge is -2.09. The van der Waals surface area contributed by atoms with Crippen LogP contribution in [-0.4, -0.2) is 19.9 Å². The normalized spacial score (nSPS) is 10.3. The Labute approximate surface area is 334 Å². The lowest BCUT2D eigenvalue weighted by atomic mass is 10.1. The molecule has 0 spiro atoms. The molecule has 254 valence electrons. The zero-order chi connectivity index (χ0) is 36.1. The molecule has 0 amide bonds. The molecule has 8 heteroatoms. The van der Waals surface area contributed by atoms with Crippen LogP contribution in [0.2, 0.25) is 5.28 Å². The Morgan fingerprint density at radius 3 is 0.885 bits per heavy atom. The van der Waals surface area contributed by atoms with Crippen molar-refractivity contribution in [2.45, 2.75) is 0 Å². The van der Waals surface area contributed by atoms with Gasteiger partial charge in [-0.2, -0.15) is 0 Å². The van der Waals surface area contributed by atoms with Crippen LogP contribution < -0.4 is 0 Å². The van der Waals surface area contributed by atoms with E-state index in [1.165, 1.54) is 0 Å². The van der Waals surface area contributed by atoms with Gasteiger partial charge in [0.15, 0.2) is 5.82 Å². The van der Waals surface area contributed by atoms with Crippen molar-refractivity contribution in [3.05, 3.63) is 201 Å². The second-order valence-corrected chi connectivity index (χ2v) is 14.4. The van der Waals surface area contributed by atoms with Gasteiger partial charge >= 0.3 is 0 Å². The first-order valence-electron chi connectivity index (χ1n) is 16.2. The van der Waals surface area contributed by atoms with Crippen LogP contribution in [0, 0.1) is 0 Å². The minimum absolute atomic E-state index is 0.264. The number of rotatable bonds is 5. The highest BCUT2D eigenvalue weighted by Gasteiger charge is 2.10. The Morgan fingerprint density at radius 2 is 0.577 bits per heavy atom. The highest BCUT2D eigenvalue weighted by molar-refractivity contribution is 9.11. The van der Waals surface area contributed by atoms with Gasteiger partial charge in [-0.1, -0.05) is 181 Å². The fourth-order valence-corrected chi connectivity index (χ4v) is 6.02. The van der Waals surface area contributed by atoms with Gasteiger partial charge in [-0.05, 0) is 60.1 Å².